The minimum Gasteiger partial charge on any atom is -0.497 e. The van der Waals surface area contributed by atoms with Crippen LogP contribution >= 0.6 is 0 Å². The van der Waals surface area contributed by atoms with Crippen molar-refractivity contribution in [3.05, 3.63) is 65.9 Å². The summed E-state index contributed by atoms with van der Waals surface area (Å²) in [6.45, 7) is 9.04. The van der Waals surface area contributed by atoms with Crippen molar-refractivity contribution in [1.29, 1.82) is 0 Å². The van der Waals surface area contributed by atoms with Gasteiger partial charge in [0.05, 0.1) is 30.6 Å². The maximum absolute atomic E-state index is 12.8. The highest BCUT2D eigenvalue weighted by Crippen LogP contribution is 2.32. The summed E-state index contributed by atoms with van der Waals surface area (Å²) in [7, 11) is 1.63. The molecule has 3 rings (SSSR count). The summed E-state index contributed by atoms with van der Waals surface area (Å²) in [5.41, 5.74) is 2.64. The third-order valence-electron chi connectivity index (χ3n) is 5.06. The van der Waals surface area contributed by atoms with Crippen molar-refractivity contribution in [2.24, 2.45) is 5.92 Å². The number of benzene rings is 2. The summed E-state index contributed by atoms with van der Waals surface area (Å²) in [5.74, 6) is 2.12. The quantitative estimate of drug-likeness (QED) is 0.466. The van der Waals surface area contributed by atoms with Gasteiger partial charge in [0.25, 0.3) is 0 Å². The van der Waals surface area contributed by atoms with Gasteiger partial charge in [-0.25, -0.2) is 4.68 Å². The second-order valence-corrected chi connectivity index (χ2v) is 7.81. The minimum atomic E-state index is -0.0676. The molecule has 6 nitrogen and oxygen atoms in total. The molecule has 0 unspecified atom stereocenters. The van der Waals surface area contributed by atoms with Gasteiger partial charge in [0, 0.05) is 12.5 Å². The number of para-hydroxylation sites is 1. The predicted octanol–water partition coefficient (Wildman–Crippen LogP) is 5.38. The van der Waals surface area contributed by atoms with Crippen LogP contribution in [0.5, 0.6) is 17.4 Å². The number of nitrogens with zero attached hydrogens (tertiary/aromatic N) is 3. The van der Waals surface area contributed by atoms with Crippen LogP contribution in [0.25, 0.3) is 5.69 Å². The Morgan fingerprint density at radius 1 is 1.06 bits per heavy atom. The zero-order valence-corrected chi connectivity index (χ0v) is 19.0. The lowest BCUT2D eigenvalue weighted by Crippen LogP contribution is -2.34. The van der Waals surface area contributed by atoms with Crippen LogP contribution in [0.15, 0.2) is 54.6 Å². The predicted molar refractivity (Wildman–Crippen MR) is 122 cm³/mol. The van der Waals surface area contributed by atoms with Gasteiger partial charge < -0.3 is 14.4 Å². The molecule has 0 atom stereocenters. The highest BCUT2D eigenvalue weighted by Gasteiger charge is 2.24. The average molecular weight is 422 g/mol. The van der Waals surface area contributed by atoms with E-state index in [1.54, 1.807) is 11.8 Å². The lowest BCUT2D eigenvalue weighted by Gasteiger charge is -2.24. The number of carbonyl (C=O) groups is 1. The van der Waals surface area contributed by atoms with Gasteiger partial charge in [-0.2, -0.15) is 5.10 Å². The van der Waals surface area contributed by atoms with Crippen LogP contribution in [-0.4, -0.2) is 34.2 Å². The van der Waals surface area contributed by atoms with Crippen LogP contribution in [-0.2, 0) is 11.3 Å². The number of hydrogen-bond acceptors (Lipinski definition) is 4. The van der Waals surface area contributed by atoms with Gasteiger partial charge in [-0.05, 0) is 49.7 Å². The molecule has 1 heterocycles. The first-order chi connectivity index (χ1) is 14.9. The zero-order valence-electron chi connectivity index (χ0n) is 19.0. The maximum Gasteiger partial charge on any atom is 0.227 e. The third kappa shape index (κ3) is 5.26. The number of methoxy groups -OCH3 is 1. The number of hydrogen-bond donors (Lipinski definition) is 0. The fourth-order valence-corrected chi connectivity index (χ4v) is 3.42. The molecule has 0 spiro atoms. The molecular weight excluding hydrogens is 390 g/mol. The standard InChI is InChI=1S/C25H31N3O3/c1-6-16-27(24(29)18(2)3)17-23-19(4)26-28(20-10-8-7-9-11-20)25(23)31-22-14-12-21(30-5)13-15-22/h7-15,18H,6,16-17H2,1-5H3. The third-order valence-corrected chi connectivity index (χ3v) is 5.06. The van der Waals surface area contributed by atoms with Gasteiger partial charge in [0.15, 0.2) is 0 Å². The molecule has 0 saturated carbocycles. The highest BCUT2D eigenvalue weighted by atomic mass is 16.5. The Morgan fingerprint density at radius 3 is 2.29 bits per heavy atom. The Hall–Kier alpha value is -3.28. The Balaban J connectivity index is 2.04. The van der Waals surface area contributed by atoms with Gasteiger partial charge in [-0.3, -0.25) is 4.79 Å². The minimum absolute atomic E-state index is 0.0676. The summed E-state index contributed by atoms with van der Waals surface area (Å²) >= 11 is 0. The lowest BCUT2D eigenvalue weighted by molar-refractivity contribution is -0.135. The van der Waals surface area contributed by atoms with E-state index >= 15 is 0 Å². The van der Waals surface area contributed by atoms with Crippen LogP contribution in [0.4, 0.5) is 0 Å². The number of amides is 1. The fraction of sp³-hybridized carbons (Fsp3) is 0.360. The summed E-state index contributed by atoms with van der Waals surface area (Å²) in [5, 5.41) is 4.76. The van der Waals surface area contributed by atoms with E-state index in [-0.39, 0.29) is 11.8 Å². The number of carbonyl (C=O) groups excluding carboxylic acids is 1. The van der Waals surface area contributed by atoms with Crippen molar-refractivity contribution in [3.63, 3.8) is 0 Å². The van der Waals surface area contributed by atoms with E-state index < -0.39 is 0 Å². The molecular formula is C25H31N3O3. The van der Waals surface area contributed by atoms with Crippen molar-refractivity contribution in [2.45, 2.75) is 40.7 Å². The van der Waals surface area contributed by atoms with E-state index in [0.29, 0.717) is 24.7 Å². The van der Waals surface area contributed by atoms with Gasteiger partial charge in [0.1, 0.15) is 11.5 Å². The highest BCUT2D eigenvalue weighted by molar-refractivity contribution is 5.78. The van der Waals surface area contributed by atoms with Crippen LogP contribution in [0, 0.1) is 12.8 Å². The first kappa shape index (κ1) is 22.4. The first-order valence-corrected chi connectivity index (χ1v) is 10.7. The van der Waals surface area contributed by atoms with E-state index in [1.165, 1.54) is 0 Å². The smallest absolute Gasteiger partial charge is 0.227 e. The van der Waals surface area contributed by atoms with Crippen molar-refractivity contribution < 1.29 is 14.3 Å². The van der Waals surface area contributed by atoms with Gasteiger partial charge in [-0.15, -0.1) is 0 Å². The van der Waals surface area contributed by atoms with Gasteiger partial charge in [-0.1, -0.05) is 39.0 Å². The normalized spacial score (nSPS) is 10.9. The monoisotopic (exact) mass is 421 g/mol. The second kappa shape index (κ2) is 10.2. The largest absolute Gasteiger partial charge is 0.497 e. The molecule has 0 aliphatic rings. The molecule has 0 radical (unpaired) electrons. The van der Waals surface area contributed by atoms with Crippen LogP contribution in [0.1, 0.15) is 38.4 Å². The van der Waals surface area contributed by atoms with E-state index in [0.717, 1.165) is 29.1 Å². The van der Waals surface area contributed by atoms with Crippen molar-refractivity contribution in [2.75, 3.05) is 13.7 Å². The molecule has 1 amide bonds. The van der Waals surface area contributed by atoms with Crippen LogP contribution in [0.2, 0.25) is 0 Å². The topological polar surface area (TPSA) is 56.6 Å². The molecule has 0 aliphatic carbocycles. The number of rotatable bonds is 9. The summed E-state index contributed by atoms with van der Waals surface area (Å²) in [6.07, 6.45) is 0.888. The van der Waals surface area contributed by atoms with E-state index in [2.05, 4.69) is 6.92 Å². The first-order valence-electron chi connectivity index (χ1n) is 10.7. The van der Waals surface area contributed by atoms with Gasteiger partial charge >= 0.3 is 0 Å². The molecule has 0 aliphatic heterocycles. The van der Waals surface area contributed by atoms with E-state index in [4.69, 9.17) is 14.6 Å². The number of aryl methyl sites for hydroxylation is 1. The average Bonchev–Trinajstić information content (AvgIpc) is 3.09. The maximum atomic E-state index is 12.8. The number of ether oxygens (including phenoxy) is 2. The van der Waals surface area contributed by atoms with Crippen molar-refractivity contribution >= 4 is 5.91 Å². The van der Waals surface area contributed by atoms with Crippen molar-refractivity contribution in [3.8, 4) is 23.1 Å². The molecule has 2 aromatic carbocycles. The summed E-state index contributed by atoms with van der Waals surface area (Å²) in [6, 6.07) is 17.3. The zero-order chi connectivity index (χ0) is 22.4. The molecule has 6 heteroatoms. The molecule has 3 aromatic rings. The molecule has 31 heavy (non-hydrogen) atoms. The van der Waals surface area contributed by atoms with E-state index in [9.17, 15) is 4.79 Å². The molecule has 1 aromatic heterocycles. The van der Waals surface area contributed by atoms with Crippen LogP contribution < -0.4 is 9.47 Å². The van der Waals surface area contributed by atoms with E-state index in [1.807, 2.05) is 80.3 Å². The Labute approximate surface area is 184 Å². The Bertz CT molecular complexity index is 995. The molecule has 164 valence electrons. The number of aromatic nitrogens is 2. The van der Waals surface area contributed by atoms with Crippen molar-refractivity contribution in [1.82, 2.24) is 14.7 Å². The Morgan fingerprint density at radius 2 is 1.71 bits per heavy atom. The van der Waals surface area contributed by atoms with Crippen LogP contribution in [0.3, 0.4) is 0 Å². The molecule has 0 bridgehead atoms. The lowest BCUT2D eigenvalue weighted by atomic mass is 10.1. The SMILES string of the molecule is CCCN(Cc1c(C)nn(-c2ccccc2)c1Oc1ccc(OC)cc1)C(=O)C(C)C. The second-order valence-electron chi connectivity index (χ2n) is 7.81. The van der Waals surface area contributed by atoms with Gasteiger partial charge in [0.2, 0.25) is 11.8 Å². The molecule has 0 saturated heterocycles. The summed E-state index contributed by atoms with van der Waals surface area (Å²) in [4.78, 5) is 14.7. The Kier molecular flexibility index (Phi) is 7.34. The molecule has 0 fully saturated rings. The summed E-state index contributed by atoms with van der Waals surface area (Å²) < 4.78 is 13.4. The molecule has 0 N–H and O–H groups in total. The fourth-order valence-electron chi connectivity index (χ4n) is 3.42.